The number of methoxy groups -OCH3 is 1. The first-order chi connectivity index (χ1) is 10.8. The molecule has 0 atom stereocenters. The Hall–Kier alpha value is -2.31. The number of hydrogen-bond acceptors (Lipinski definition) is 6. The monoisotopic (exact) mass is 313 g/mol. The summed E-state index contributed by atoms with van der Waals surface area (Å²) < 4.78 is 6.33. The lowest BCUT2D eigenvalue weighted by atomic mass is 10.1. The van der Waals surface area contributed by atoms with E-state index < -0.39 is 0 Å². The van der Waals surface area contributed by atoms with Gasteiger partial charge in [-0.25, -0.2) is 4.98 Å². The molecule has 1 aromatic heterocycles. The van der Waals surface area contributed by atoms with E-state index in [-0.39, 0.29) is 6.61 Å². The van der Waals surface area contributed by atoms with Crippen molar-refractivity contribution < 1.29 is 9.84 Å². The van der Waals surface area contributed by atoms with E-state index in [1.807, 2.05) is 42.5 Å². The molecule has 3 rings (SSSR count). The van der Waals surface area contributed by atoms with Crippen LogP contribution in [0.25, 0.3) is 10.2 Å². The predicted octanol–water partition coefficient (Wildman–Crippen LogP) is 4.26. The van der Waals surface area contributed by atoms with Gasteiger partial charge >= 0.3 is 0 Å². The first-order valence-corrected chi connectivity index (χ1v) is 7.67. The molecule has 0 unspecified atom stereocenters. The molecule has 1 N–H and O–H groups in total. The van der Waals surface area contributed by atoms with E-state index in [4.69, 9.17) is 4.74 Å². The van der Waals surface area contributed by atoms with Gasteiger partial charge in [-0.3, -0.25) is 0 Å². The lowest BCUT2D eigenvalue weighted by Gasteiger charge is -2.03. The van der Waals surface area contributed by atoms with Crippen LogP contribution in [0.15, 0.2) is 52.7 Å². The van der Waals surface area contributed by atoms with Gasteiger partial charge in [-0.05, 0) is 30.2 Å². The van der Waals surface area contributed by atoms with Crippen molar-refractivity contribution in [3.05, 3.63) is 48.0 Å². The fourth-order valence-electron chi connectivity index (χ4n) is 2.14. The maximum Gasteiger partial charge on any atom is 0.231 e. The van der Waals surface area contributed by atoms with Gasteiger partial charge < -0.3 is 9.84 Å². The van der Waals surface area contributed by atoms with E-state index >= 15 is 0 Å². The van der Waals surface area contributed by atoms with E-state index in [1.165, 1.54) is 11.3 Å². The normalized spacial score (nSPS) is 11.4. The average molecular weight is 313 g/mol. The van der Waals surface area contributed by atoms with Crippen molar-refractivity contribution in [2.75, 3.05) is 13.7 Å². The van der Waals surface area contributed by atoms with Crippen molar-refractivity contribution in [1.82, 2.24) is 4.98 Å². The van der Waals surface area contributed by atoms with Crippen LogP contribution in [0.4, 0.5) is 10.8 Å². The summed E-state index contributed by atoms with van der Waals surface area (Å²) in [7, 11) is 1.62. The van der Waals surface area contributed by atoms with Gasteiger partial charge in [0.15, 0.2) is 0 Å². The van der Waals surface area contributed by atoms with Crippen LogP contribution in [0.1, 0.15) is 5.56 Å². The Morgan fingerprint density at radius 3 is 2.68 bits per heavy atom. The largest absolute Gasteiger partial charge is 0.494 e. The van der Waals surface area contributed by atoms with Gasteiger partial charge in [-0.2, -0.15) is 0 Å². The lowest BCUT2D eigenvalue weighted by molar-refractivity contribution is 0.300. The Labute approximate surface area is 131 Å². The highest BCUT2D eigenvalue weighted by atomic mass is 32.1. The van der Waals surface area contributed by atoms with Crippen LogP contribution in [0.2, 0.25) is 0 Å². The molecule has 2 aromatic carbocycles. The highest BCUT2D eigenvalue weighted by Crippen LogP contribution is 2.37. The van der Waals surface area contributed by atoms with Crippen molar-refractivity contribution in [2.45, 2.75) is 6.42 Å². The summed E-state index contributed by atoms with van der Waals surface area (Å²) in [6, 6.07) is 13.3. The van der Waals surface area contributed by atoms with Crippen molar-refractivity contribution in [2.24, 2.45) is 10.2 Å². The summed E-state index contributed by atoms with van der Waals surface area (Å²) in [6.45, 7) is 0.0974. The van der Waals surface area contributed by atoms with Crippen molar-refractivity contribution in [1.29, 1.82) is 0 Å². The zero-order chi connectivity index (χ0) is 15.4. The van der Waals surface area contributed by atoms with E-state index in [0.29, 0.717) is 17.3 Å². The molecule has 0 radical (unpaired) electrons. The second-order valence-corrected chi connectivity index (χ2v) is 5.59. The number of benzene rings is 2. The number of ether oxygens (including phenoxy) is 1. The Morgan fingerprint density at radius 1 is 1.14 bits per heavy atom. The van der Waals surface area contributed by atoms with Gasteiger partial charge in [0.25, 0.3) is 0 Å². The molecule has 1 heterocycles. The second-order valence-electron chi connectivity index (χ2n) is 4.61. The molecule has 5 nitrogen and oxygen atoms in total. The molecule has 0 spiro atoms. The molecule has 22 heavy (non-hydrogen) atoms. The van der Waals surface area contributed by atoms with Gasteiger partial charge in [0, 0.05) is 6.61 Å². The van der Waals surface area contributed by atoms with Gasteiger partial charge in [-0.15, -0.1) is 10.2 Å². The molecule has 0 saturated heterocycles. The van der Waals surface area contributed by atoms with Crippen LogP contribution in [0, 0.1) is 0 Å². The number of nitrogens with zero attached hydrogens (tertiary/aromatic N) is 3. The summed E-state index contributed by atoms with van der Waals surface area (Å²) in [5.74, 6) is 0.703. The van der Waals surface area contributed by atoms with Gasteiger partial charge in [0.2, 0.25) is 5.13 Å². The Kier molecular flexibility index (Phi) is 4.41. The number of azo groups is 1. The van der Waals surface area contributed by atoms with Gasteiger partial charge in [0.1, 0.15) is 11.3 Å². The van der Waals surface area contributed by atoms with Crippen LogP contribution in [-0.4, -0.2) is 23.8 Å². The van der Waals surface area contributed by atoms with E-state index in [2.05, 4.69) is 15.2 Å². The van der Waals surface area contributed by atoms with E-state index in [1.54, 1.807) is 7.11 Å². The molecule has 0 aliphatic rings. The molecular weight excluding hydrogens is 298 g/mol. The first kappa shape index (κ1) is 14.6. The summed E-state index contributed by atoms with van der Waals surface area (Å²) in [6.07, 6.45) is 0.581. The highest BCUT2D eigenvalue weighted by Gasteiger charge is 2.12. The number of fused-ring (bicyclic) bond motifs is 1. The van der Waals surface area contributed by atoms with Gasteiger partial charge in [-0.1, -0.05) is 35.6 Å². The number of aliphatic hydroxyl groups excluding tert-OH is 1. The zero-order valence-electron chi connectivity index (χ0n) is 12.1. The van der Waals surface area contributed by atoms with Crippen LogP contribution in [-0.2, 0) is 6.42 Å². The van der Waals surface area contributed by atoms with Crippen LogP contribution in [0.5, 0.6) is 5.75 Å². The smallest absolute Gasteiger partial charge is 0.231 e. The zero-order valence-corrected chi connectivity index (χ0v) is 12.9. The minimum atomic E-state index is 0.0974. The Morgan fingerprint density at radius 2 is 1.95 bits per heavy atom. The molecule has 0 fully saturated rings. The molecule has 0 amide bonds. The van der Waals surface area contributed by atoms with Crippen molar-refractivity contribution in [3.8, 4) is 5.75 Å². The summed E-state index contributed by atoms with van der Waals surface area (Å²) >= 11 is 1.45. The third-order valence-electron chi connectivity index (χ3n) is 3.19. The summed E-state index contributed by atoms with van der Waals surface area (Å²) in [5, 5.41) is 18.1. The number of aromatic nitrogens is 1. The minimum Gasteiger partial charge on any atom is -0.494 e. The minimum absolute atomic E-state index is 0.0974. The van der Waals surface area contributed by atoms with Crippen molar-refractivity contribution >= 4 is 32.4 Å². The molecule has 0 aliphatic heterocycles. The second kappa shape index (κ2) is 6.64. The molecular formula is C16H15N3O2S. The maximum atomic E-state index is 9.18. The van der Waals surface area contributed by atoms with E-state index in [0.717, 1.165) is 21.5 Å². The highest BCUT2D eigenvalue weighted by molar-refractivity contribution is 7.22. The molecule has 0 aliphatic carbocycles. The molecule has 3 aromatic rings. The Bertz CT molecular complexity index is 800. The standard InChI is InChI=1S/C16H15N3O2S/c1-21-13-8-7-11(9-10-20)15-14(13)17-16(22-15)19-18-12-5-3-2-4-6-12/h2-8,20H,9-10H2,1H3. The van der Waals surface area contributed by atoms with Gasteiger partial charge in [0.05, 0.1) is 17.5 Å². The number of aliphatic hydroxyl groups is 1. The average Bonchev–Trinajstić information content (AvgIpc) is 2.99. The maximum absolute atomic E-state index is 9.18. The molecule has 112 valence electrons. The number of hydrogen-bond donors (Lipinski definition) is 1. The summed E-state index contributed by atoms with van der Waals surface area (Å²) in [4.78, 5) is 4.49. The molecule has 6 heteroatoms. The quantitative estimate of drug-likeness (QED) is 0.716. The SMILES string of the molecule is COc1ccc(CCO)c2sc(N=Nc3ccccc3)nc12. The predicted molar refractivity (Wildman–Crippen MR) is 87.6 cm³/mol. The van der Waals surface area contributed by atoms with Crippen LogP contribution < -0.4 is 4.74 Å². The summed E-state index contributed by atoms with van der Waals surface area (Å²) in [5.41, 5.74) is 2.58. The number of thiazole rings is 1. The van der Waals surface area contributed by atoms with Crippen LogP contribution in [0.3, 0.4) is 0 Å². The fourth-order valence-corrected chi connectivity index (χ4v) is 3.09. The topological polar surface area (TPSA) is 67.1 Å². The first-order valence-electron chi connectivity index (χ1n) is 6.86. The third kappa shape index (κ3) is 2.98. The lowest BCUT2D eigenvalue weighted by Crippen LogP contribution is -1.92. The third-order valence-corrected chi connectivity index (χ3v) is 4.20. The van der Waals surface area contributed by atoms with Crippen LogP contribution >= 0.6 is 11.3 Å². The fraction of sp³-hybridized carbons (Fsp3) is 0.188. The Balaban J connectivity index is 2.01. The number of rotatable bonds is 5. The van der Waals surface area contributed by atoms with Crippen molar-refractivity contribution in [3.63, 3.8) is 0 Å². The molecule has 0 saturated carbocycles. The molecule has 0 bridgehead atoms. The van der Waals surface area contributed by atoms with E-state index in [9.17, 15) is 5.11 Å².